The molecule has 2 aliphatic heterocycles. The lowest BCUT2D eigenvalue weighted by Crippen LogP contribution is -2.43. The molecule has 1 saturated heterocycles. The van der Waals surface area contributed by atoms with Crippen LogP contribution in [-0.4, -0.2) is 30.5 Å². The third-order valence-corrected chi connectivity index (χ3v) is 6.36. The van der Waals surface area contributed by atoms with Gasteiger partial charge in [-0.3, -0.25) is 9.59 Å². The van der Waals surface area contributed by atoms with Gasteiger partial charge in [-0.05, 0) is 62.2 Å². The first kappa shape index (κ1) is 17.9. The van der Waals surface area contributed by atoms with Crippen LogP contribution in [0.1, 0.15) is 35.2 Å². The van der Waals surface area contributed by atoms with E-state index < -0.39 is 5.91 Å². The molecule has 2 aromatic carbocycles. The Bertz CT molecular complexity index is 1150. The summed E-state index contributed by atoms with van der Waals surface area (Å²) in [4.78, 5) is 28.5. The fourth-order valence-corrected chi connectivity index (χ4v) is 4.76. The van der Waals surface area contributed by atoms with Gasteiger partial charge in [0.15, 0.2) is 0 Å². The van der Waals surface area contributed by atoms with Crippen LogP contribution in [-0.2, 0) is 5.41 Å². The third-order valence-electron chi connectivity index (χ3n) is 6.36. The number of para-hydroxylation sites is 1. The van der Waals surface area contributed by atoms with E-state index in [0.29, 0.717) is 11.1 Å². The van der Waals surface area contributed by atoms with Gasteiger partial charge in [0.25, 0.3) is 5.91 Å². The monoisotopic (exact) mass is 388 g/mol. The van der Waals surface area contributed by atoms with Gasteiger partial charge in [0, 0.05) is 40.4 Å². The number of amides is 1. The van der Waals surface area contributed by atoms with E-state index >= 15 is 0 Å². The van der Waals surface area contributed by atoms with Crippen molar-refractivity contribution in [2.75, 3.05) is 30.3 Å². The van der Waals surface area contributed by atoms with Gasteiger partial charge in [0.2, 0.25) is 5.43 Å². The summed E-state index contributed by atoms with van der Waals surface area (Å²) >= 11 is 0. The Morgan fingerprint density at radius 1 is 1.00 bits per heavy atom. The number of aromatic nitrogens is 1. The Balaban J connectivity index is 1.44. The molecule has 3 aromatic rings. The van der Waals surface area contributed by atoms with Gasteiger partial charge in [-0.15, -0.1) is 0 Å². The summed E-state index contributed by atoms with van der Waals surface area (Å²) in [5, 5.41) is 10.3. The lowest BCUT2D eigenvalue weighted by Gasteiger charge is -2.42. The van der Waals surface area contributed by atoms with Gasteiger partial charge < -0.3 is 20.9 Å². The zero-order valence-electron chi connectivity index (χ0n) is 16.2. The average molecular weight is 388 g/mol. The van der Waals surface area contributed by atoms with E-state index in [4.69, 9.17) is 0 Å². The van der Waals surface area contributed by atoms with Crippen LogP contribution < -0.4 is 21.4 Å². The highest BCUT2D eigenvalue weighted by atomic mass is 16.2. The minimum Gasteiger partial charge on any atom is -0.385 e. The van der Waals surface area contributed by atoms with Crippen LogP contribution in [0, 0.1) is 0 Å². The lowest BCUT2D eigenvalue weighted by atomic mass is 9.68. The van der Waals surface area contributed by atoms with Crippen LogP contribution in [0.3, 0.4) is 0 Å². The zero-order chi connectivity index (χ0) is 19.8. The zero-order valence-corrected chi connectivity index (χ0v) is 16.2. The molecule has 3 heterocycles. The van der Waals surface area contributed by atoms with Gasteiger partial charge in [0.1, 0.15) is 5.56 Å². The van der Waals surface area contributed by atoms with Crippen molar-refractivity contribution in [3.05, 3.63) is 70.0 Å². The second-order valence-corrected chi connectivity index (χ2v) is 8.00. The van der Waals surface area contributed by atoms with Crippen LogP contribution in [0.4, 0.5) is 11.4 Å². The Labute approximate surface area is 168 Å². The first-order valence-corrected chi connectivity index (χ1v) is 10.2. The molecule has 29 heavy (non-hydrogen) atoms. The highest BCUT2D eigenvalue weighted by molar-refractivity contribution is 6.05. The number of hydrogen-bond donors (Lipinski definition) is 4. The molecule has 0 atom stereocenters. The average Bonchev–Trinajstić information content (AvgIpc) is 2.75. The molecule has 1 spiro atoms. The third kappa shape index (κ3) is 3.09. The standard InChI is InChI=1S/C23H24N4O2/c28-21-16-3-1-2-4-19(16)26-14-17(21)22(29)27-15-5-6-18-20(13-15)25-12-9-23(18)7-10-24-11-8-23/h1-6,13-14,24-25H,7-12H2,(H,26,28)(H,27,29). The van der Waals surface area contributed by atoms with E-state index in [2.05, 4.69) is 27.0 Å². The van der Waals surface area contributed by atoms with Crippen LogP contribution in [0.25, 0.3) is 10.9 Å². The number of benzene rings is 2. The predicted octanol–water partition coefficient (Wildman–Crippen LogP) is 3.22. The summed E-state index contributed by atoms with van der Waals surface area (Å²) < 4.78 is 0. The number of aromatic amines is 1. The highest BCUT2D eigenvalue weighted by Crippen LogP contribution is 2.44. The molecule has 6 heteroatoms. The summed E-state index contributed by atoms with van der Waals surface area (Å²) in [6.45, 7) is 3.03. The maximum Gasteiger partial charge on any atom is 0.261 e. The van der Waals surface area contributed by atoms with Crippen molar-refractivity contribution in [1.82, 2.24) is 10.3 Å². The molecule has 148 valence electrons. The minimum atomic E-state index is -0.399. The van der Waals surface area contributed by atoms with Crippen molar-refractivity contribution in [3.63, 3.8) is 0 Å². The fourth-order valence-electron chi connectivity index (χ4n) is 4.76. The maximum absolute atomic E-state index is 12.8. The molecule has 0 saturated carbocycles. The Morgan fingerprint density at radius 2 is 1.79 bits per heavy atom. The van der Waals surface area contributed by atoms with E-state index in [1.54, 1.807) is 12.1 Å². The topological polar surface area (TPSA) is 86.0 Å². The van der Waals surface area contributed by atoms with Crippen LogP contribution in [0.15, 0.2) is 53.5 Å². The number of anilines is 2. The Hall–Kier alpha value is -3.12. The van der Waals surface area contributed by atoms with Crippen LogP contribution >= 0.6 is 0 Å². The van der Waals surface area contributed by atoms with E-state index in [-0.39, 0.29) is 16.4 Å². The second kappa shape index (κ2) is 7.04. The highest BCUT2D eigenvalue weighted by Gasteiger charge is 2.37. The van der Waals surface area contributed by atoms with Gasteiger partial charge in [0.05, 0.1) is 0 Å². The van der Waals surface area contributed by atoms with E-state index in [1.165, 1.54) is 11.8 Å². The van der Waals surface area contributed by atoms with Crippen molar-refractivity contribution >= 4 is 28.2 Å². The molecule has 1 aromatic heterocycles. The smallest absolute Gasteiger partial charge is 0.261 e. The van der Waals surface area contributed by atoms with Crippen molar-refractivity contribution < 1.29 is 4.79 Å². The van der Waals surface area contributed by atoms with Crippen molar-refractivity contribution in [2.45, 2.75) is 24.7 Å². The normalized spacial score (nSPS) is 17.5. The lowest BCUT2D eigenvalue weighted by molar-refractivity contribution is 0.102. The molecule has 1 amide bonds. The van der Waals surface area contributed by atoms with Gasteiger partial charge in [-0.2, -0.15) is 0 Å². The molecule has 0 aliphatic carbocycles. The van der Waals surface area contributed by atoms with Crippen molar-refractivity contribution in [3.8, 4) is 0 Å². The number of fused-ring (bicyclic) bond motifs is 3. The van der Waals surface area contributed by atoms with Crippen LogP contribution in [0.2, 0.25) is 0 Å². The molecule has 4 N–H and O–H groups in total. The number of carbonyl (C=O) groups excluding carboxylic acids is 1. The summed E-state index contributed by atoms with van der Waals surface area (Å²) in [7, 11) is 0. The largest absolute Gasteiger partial charge is 0.385 e. The van der Waals surface area contributed by atoms with Gasteiger partial charge in [-0.1, -0.05) is 18.2 Å². The first-order valence-electron chi connectivity index (χ1n) is 10.2. The number of carbonyl (C=O) groups is 1. The Kier molecular flexibility index (Phi) is 4.36. The molecule has 0 unspecified atom stereocenters. The molecular formula is C23H24N4O2. The fraction of sp³-hybridized carbons (Fsp3) is 0.304. The Morgan fingerprint density at radius 3 is 2.66 bits per heavy atom. The molecule has 6 nitrogen and oxygen atoms in total. The van der Waals surface area contributed by atoms with Gasteiger partial charge in [-0.25, -0.2) is 0 Å². The van der Waals surface area contributed by atoms with Crippen LogP contribution in [0.5, 0.6) is 0 Å². The summed E-state index contributed by atoms with van der Waals surface area (Å²) in [5.41, 5.74) is 3.92. The number of nitrogens with one attached hydrogen (secondary N) is 4. The quantitative estimate of drug-likeness (QED) is 0.543. The SMILES string of the molecule is O=C(Nc1ccc2c(c1)NCCC21CCNCC1)c1c[nH]c2ccccc2c1=O. The number of rotatable bonds is 2. The molecule has 1 fully saturated rings. The maximum atomic E-state index is 12.8. The molecular weight excluding hydrogens is 364 g/mol. The van der Waals surface area contributed by atoms with E-state index in [1.807, 2.05) is 24.3 Å². The number of hydrogen-bond acceptors (Lipinski definition) is 4. The second-order valence-electron chi connectivity index (χ2n) is 8.00. The van der Waals surface area contributed by atoms with Gasteiger partial charge >= 0.3 is 0 Å². The summed E-state index contributed by atoms with van der Waals surface area (Å²) in [6.07, 6.45) is 4.90. The predicted molar refractivity (Wildman–Crippen MR) is 116 cm³/mol. The van der Waals surface area contributed by atoms with E-state index in [9.17, 15) is 9.59 Å². The molecule has 5 rings (SSSR count). The molecule has 0 bridgehead atoms. The summed E-state index contributed by atoms with van der Waals surface area (Å²) in [5.74, 6) is -0.399. The minimum absolute atomic E-state index is 0.115. The molecule has 0 radical (unpaired) electrons. The molecule has 2 aliphatic rings. The number of H-pyrrole nitrogens is 1. The number of piperidine rings is 1. The van der Waals surface area contributed by atoms with Crippen molar-refractivity contribution in [1.29, 1.82) is 0 Å². The van der Waals surface area contributed by atoms with Crippen molar-refractivity contribution in [2.24, 2.45) is 0 Å². The van der Waals surface area contributed by atoms with E-state index in [0.717, 1.165) is 50.1 Å². The summed E-state index contributed by atoms with van der Waals surface area (Å²) in [6, 6.07) is 13.3. The first-order chi connectivity index (χ1) is 14.2. The number of pyridine rings is 1.